The molecule has 2 amide bonds. The third kappa shape index (κ3) is 6.84. The Morgan fingerprint density at radius 3 is 2.34 bits per heavy atom. The summed E-state index contributed by atoms with van der Waals surface area (Å²) in [6.45, 7) is 3.97. The number of rotatable bonds is 7. The molecule has 152 valence electrons. The number of halogens is 1. The summed E-state index contributed by atoms with van der Waals surface area (Å²) in [5.74, 6) is -0.779. The largest absolute Gasteiger partial charge is 0.352 e. The molecule has 1 N–H and O–H groups in total. The Kier molecular flexibility index (Phi) is 7.53. The molecule has 1 aliphatic heterocycles. The van der Waals surface area contributed by atoms with Crippen molar-refractivity contribution in [1.82, 2.24) is 15.1 Å². The second kappa shape index (κ2) is 10.5. The average Bonchev–Trinajstić information content (AvgIpc) is 2.74. The Balaban J connectivity index is 1.35. The normalized spacial score (nSPS) is 14.9. The first-order valence-corrected chi connectivity index (χ1v) is 9.83. The highest BCUT2D eigenvalue weighted by atomic mass is 19.1. The van der Waals surface area contributed by atoms with E-state index in [-0.39, 0.29) is 30.6 Å². The number of hydrogen-bond acceptors (Lipinski definition) is 3. The number of carbonyl (C=O) groups excluding carboxylic acids is 2. The molecule has 0 aromatic heterocycles. The van der Waals surface area contributed by atoms with E-state index in [1.807, 2.05) is 18.2 Å². The molecule has 3 rings (SSSR count). The number of nitrogens with zero attached hydrogens (tertiary/aromatic N) is 2. The molecule has 6 heteroatoms. The Bertz CT molecular complexity index is 829. The van der Waals surface area contributed by atoms with Crippen LogP contribution in [0.4, 0.5) is 4.39 Å². The number of piperazine rings is 1. The molecule has 0 unspecified atom stereocenters. The van der Waals surface area contributed by atoms with Crippen molar-refractivity contribution in [2.45, 2.75) is 13.0 Å². The average molecular weight is 395 g/mol. The lowest BCUT2D eigenvalue weighted by molar-refractivity contribution is -0.137. The summed E-state index contributed by atoms with van der Waals surface area (Å²) in [5.41, 5.74) is 1.97. The lowest BCUT2D eigenvalue weighted by atomic mass is 10.2. The van der Waals surface area contributed by atoms with Crippen LogP contribution in [0.3, 0.4) is 0 Å². The topological polar surface area (TPSA) is 52.7 Å². The van der Waals surface area contributed by atoms with Gasteiger partial charge in [0.05, 0.1) is 0 Å². The van der Waals surface area contributed by atoms with E-state index in [1.165, 1.54) is 17.7 Å². The van der Waals surface area contributed by atoms with E-state index in [4.69, 9.17) is 0 Å². The maximum Gasteiger partial charge on any atom is 0.232 e. The SMILES string of the molecule is O=C(CC(=O)N1CCN(C/C=C/c2ccccc2)CC1)NCc1ccc(F)cc1. The summed E-state index contributed by atoms with van der Waals surface area (Å²) in [7, 11) is 0. The molecule has 2 aromatic carbocycles. The van der Waals surface area contributed by atoms with Crippen LogP contribution in [0.2, 0.25) is 0 Å². The van der Waals surface area contributed by atoms with Gasteiger partial charge in [-0.3, -0.25) is 14.5 Å². The number of carbonyl (C=O) groups is 2. The summed E-state index contributed by atoms with van der Waals surface area (Å²) >= 11 is 0. The first kappa shape index (κ1) is 20.7. The van der Waals surface area contributed by atoms with Gasteiger partial charge in [-0.25, -0.2) is 4.39 Å². The minimum Gasteiger partial charge on any atom is -0.352 e. The van der Waals surface area contributed by atoms with E-state index < -0.39 is 0 Å². The highest BCUT2D eigenvalue weighted by Crippen LogP contribution is 2.07. The predicted molar refractivity (Wildman–Crippen MR) is 111 cm³/mol. The van der Waals surface area contributed by atoms with Crippen LogP contribution in [0.1, 0.15) is 17.5 Å². The van der Waals surface area contributed by atoms with Gasteiger partial charge in [-0.1, -0.05) is 54.6 Å². The van der Waals surface area contributed by atoms with Crippen LogP contribution >= 0.6 is 0 Å². The first-order valence-electron chi connectivity index (χ1n) is 9.83. The first-order chi connectivity index (χ1) is 14.1. The van der Waals surface area contributed by atoms with Crippen molar-refractivity contribution in [2.24, 2.45) is 0 Å². The van der Waals surface area contributed by atoms with Gasteiger partial charge in [0.1, 0.15) is 12.2 Å². The van der Waals surface area contributed by atoms with Gasteiger partial charge in [0.25, 0.3) is 0 Å². The lowest BCUT2D eigenvalue weighted by Crippen LogP contribution is -2.49. The summed E-state index contributed by atoms with van der Waals surface area (Å²) in [4.78, 5) is 28.4. The van der Waals surface area contributed by atoms with E-state index >= 15 is 0 Å². The third-order valence-corrected chi connectivity index (χ3v) is 4.91. The Labute approximate surface area is 170 Å². The number of benzene rings is 2. The van der Waals surface area contributed by atoms with Crippen molar-refractivity contribution in [3.05, 3.63) is 77.6 Å². The van der Waals surface area contributed by atoms with Gasteiger partial charge >= 0.3 is 0 Å². The van der Waals surface area contributed by atoms with Crippen LogP contribution < -0.4 is 5.32 Å². The fourth-order valence-electron chi connectivity index (χ4n) is 3.20. The minimum atomic E-state index is -0.315. The predicted octanol–water partition coefficient (Wildman–Crippen LogP) is 2.69. The maximum absolute atomic E-state index is 12.9. The Morgan fingerprint density at radius 1 is 0.966 bits per heavy atom. The van der Waals surface area contributed by atoms with E-state index in [2.05, 4.69) is 34.5 Å². The fraction of sp³-hybridized carbons (Fsp3) is 0.304. The zero-order chi connectivity index (χ0) is 20.5. The Hall–Kier alpha value is -2.99. The van der Waals surface area contributed by atoms with Crippen LogP contribution in [0.25, 0.3) is 6.08 Å². The molecule has 1 heterocycles. The highest BCUT2D eigenvalue weighted by molar-refractivity contribution is 5.96. The van der Waals surface area contributed by atoms with Gasteiger partial charge in [-0.15, -0.1) is 0 Å². The van der Waals surface area contributed by atoms with Crippen molar-refractivity contribution < 1.29 is 14.0 Å². The zero-order valence-electron chi connectivity index (χ0n) is 16.4. The van der Waals surface area contributed by atoms with E-state index in [0.717, 1.165) is 25.2 Å². The van der Waals surface area contributed by atoms with Gasteiger partial charge in [0.15, 0.2) is 0 Å². The standard InChI is InChI=1S/C23H26FN3O2/c24-21-10-8-20(9-11-21)18-25-22(28)17-23(29)27-15-13-26(14-16-27)12-4-7-19-5-2-1-3-6-19/h1-11H,12-18H2,(H,25,28)/b7-4+. The van der Waals surface area contributed by atoms with E-state index in [9.17, 15) is 14.0 Å². The van der Waals surface area contributed by atoms with Gasteiger partial charge in [-0.05, 0) is 23.3 Å². The molecule has 0 aliphatic carbocycles. The minimum absolute atomic E-state index is 0.152. The molecular formula is C23H26FN3O2. The summed E-state index contributed by atoms with van der Waals surface area (Å²) < 4.78 is 12.9. The number of hydrogen-bond donors (Lipinski definition) is 1. The summed E-state index contributed by atoms with van der Waals surface area (Å²) in [6.07, 6.45) is 4.08. The van der Waals surface area contributed by atoms with Crippen molar-refractivity contribution in [1.29, 1.82) is 0 Å². The molecule has 5 nitrogen and oxygen atoms in total. The molecule has 1 aliphatic rings. The molecule has 0 spiro atoms. The summed E-state index contributed by atoms with van der Waals surface area (Å²) in [6, 6.07) is 16.1. The molecular weight excluding hydrogens is 369 g/mol. The quantitative estimate of drug-likeness (QED) is 0.734. The van der Waals surface area contributed by atoms with Gasteiger partial charge in [0.2, 0.25) is 11.8 Å². The van der Waals surface area contributed by atoms with Crippen molar-refractivity contribution in [3.8, 4) is 0 Å². The highest BCUT2D eigenvalue weighted by Gasteiger charge is 2.22. The van der Waals surface area contributed by atoms with Crippen molar-refractivity contribution in [3.63, 3.8) is 0 Å². The molecule has 0 bridgehead atoms. The monoisotopic (exact) mass is 395 g/mol. The second-order valence-electron chi connectivity index (χ2n) is 7.07. The molecule has 1 fully saturated rings. The van der Waals surface area contributed by atoms with Gasteiger partial charge in [0, 0.05) is 39.3 Å². The van der Waals surface area contributed by atoms with Crippen LogP contribution in [0.5, 0.6) is 0 Å². The molecule has 1 saturated heterocycles. The molecule has 0 radical (unpaired) electrons. The Morgan fingerprint density at radius 2 is 1.66 bits per heavy atom. The van der Waals surface area contributed by atoms with Crippen LogP contribution in [-0.4, -0.2) is 54.3 Å². The molecule has 2 aromatic rings. The number of amides is 2. The summed E-state index contributed by atoms with van der Waals surface area (Å²) in [5, 5.41) is 2.71. The smallest absolute Gasteiger partial charge is 0.232 e. The second-order valence-corrected chi connectivity index (χ2v) is 7.07. The van der Waals surface area contributed by atoms with E-state index in [0.29, 0.717) is 13.1 Å². The number of nitrogens with one attached hydrogen (secondary N) is 1. The molecule has 0 atom stereocenters. The van der Waals surface area contributed by atoms with Crippen molar-refractivity contribution >= 4 is 17.9 Å². The van der Waals surface area contributed by atoms with Crippen LogP contribution in [0, 0.1) is 5.82 Å². The maximum atomic E-state index is 12.9. The van der Waals surface area contributed by atoms with E-state index in [1.54, 1.807) is 17.0 Å². The van der Waals surface area contributed by atoms with Crippen LogP contribution in [-0.2, 0) is 16.1 Å². The fourth-order valence-corrected chi connectivity index (χ4v) is 3.20. The molecule has 29 heavy (non-hydrogen) atoms. The lowest BCUT2D eigenvalue weighted by Gasteiger charge is -2.34. The van der Waals surface area contributed by atoms with Gasteiger partial charge in [-0.2, -0.15) is 0 Å². The van der Waals surface area contributed by atoms with Gasteiger partial charge < -0.3 is 10.2 Å². The van der Waals surface area contributed by atoms with Crippen LogP contribution in [0.15, 0.2) is 60.7 Å². The third-order valence-electron chi connectivity index (χ3n) is 4.91. The zero-order valence-corrected chi connectivity index (χ0v) is 16.4. The van der Waals surface area contributed by atoms with Crippen molar-refractivity contribution in [2.75, 3.05) is 32.7 Å². The molecule has 0 saturated carbocycles.